The van der Waals surface area contributed by atoms with Crippen molar-refractivity contribution >= 4 is 5.78 Å². The highest BCUT2D eigenvalue weighted by Gasteiger charge is 2.65. The molecule has 3 saturated heterocycles. The molecule has 5 fully saturated rings. The van der Waals surface area contributed by atoms with Gasteiger partial charge in [-0.25, -0.2) is 0 Å². The van der Waals surface area contributed by atoms with E-state index in [9.17, 15) is 4.79 Å². The summed E-state index contributed by atoms with van der Waals surface area (Å²) in [5.41, 5.74) is 0. The van der Waals surface area contributed by atoms with Crippen LogP contribution in [0.3, 0.4) is 0 Å². The van der Waals surface area contributed by atoms with Crippen molar-refractivity contribution in [2.75, 3.05) is 13.2 Å². The number of hydrogen-bond donors (Lipinski definition) is 0. The van der Waals surface area contributed by atoms with E-state index in [-0.39, 0.29) is 18.5 Å². The number of ether oxygens (including phenoxy) is 5. The van der Waals surface area contributed by atoms with Crippen LogP contribution in [0.25, 0.3) is 0 Å². The van der Waals surface area contributed by atoms with Crippen molar-refractivity contribution in [3.05, 3.63) is 0 Å². The van der Waals surface area contributed by atoms with Crippen molar-refractivity contribution in [3.63, 3.8) is 0 Å². The number of carbonyl (C=O) groups excluding carboxylic acids is 1. The Labute approximate surface area is 129 Å². The molecule has 5 aliphatic rings. The number of ketones is 1. The Kier molecular flexibility index (Phi) is 2.84. The van der Waals surface area contributed by atoms with Crippen molar-refractivity contribution in [3.8, 4) is 0 Å². The molecule has 6 heteroatoms. The lowest BCUT2D eigenvalue weighted by Gasteiger charge is -2.36. The van der Waals surface area contributed by atoms with Crippen molar-refractivity contribution in [1.82, 2.24) is 0 Å². The summed E-state index contributed by atoms with van der Waals surface area (Å²) in [5.74, 6) is -2.62. The van der Waals surface area contributed by atoms with E-state index in [4.69, 9.17) is 23.7 Å². The first-order chi connectivity index (χ1) is 10.6. The third-order valence-electron chi connectivity index (χ3n) is 5.77. The largest absolute Gasteiger partial charge is 0.344 e. The van der Waals surface area contributed by atoms with E-state index in [1.165, 1.54) is 0 Å². The first-order valence-electron chi connectivity index (χ1n) is 8.53. The quantitative estimate of drug-likeness (QED) is 0.678. The van der Waals surface area contributed by atoms with Gasteiger partial charge in [0, 0.05) is 25.7 Å². The van der Waals surface area contributed by atoms with Crippen LogP contribution in [0.4, 0.5) is 0 Å². The Morgan fingerprint density at radius 2 is 1.55 bits per heavy atom. The molecule has 0 amide bonds. The smallest absolute Gasteiger partial charge is 0.258 e. The molecule has 3 aliphatic heterocycles. The zero-order chi connectivity index (χ0) is 14.8. The van der Waals surface area contributed by atoms with E-state index in [1.54, 1.807) is 0 Å². The molecule has 3 spiro atoms. The summed E-state index contributed by atoms with van der Waals surface area (Å²) in [6.45, 7) is 0.503. The van der Waals surface area contributed by atoms with E-state index in [2.05, 4.69) is 0 Å². The molecule has 0 aromatic rings. The topological polar surface area (TPSA) is 63.2 Å². The first kappa shape index (κ1) is 13.9. The maximum absolute atomic E-state index is 13.0. The SMILES string of the molecule is O=C1[C@@H]2OC3(CCCC3)O[C@@H]2CO[C@]12COC1(CCCC1)O2. The summed E-state index contributed by atoms with van der Waals surface area (Å²) in [6, 6.07) is 0. The predicted molar refractivity (Wildman–Crippen MR) is 72.9 cm³/mol. The minimum absolute atomic E-state index is 0.156. The summed E-state index contributed by atoms with van der Waals surface area (Å²) in [4.78, 5) is 13.0. The number of Topliss-reactive ketones (excluding diaryl/α,β-unsaturated/α-hetero) is 1. The van der Waals surface area contributed by atoms with Crippen LogP contribution in [0.5, 0.6) is 0 Å². The number of hydrogen-bond acceptors (Lipinski definition) is 6. The van der Waals surface area contributed by atoms with Gasteiger partial charge >= 0.3 is 0 Å². The lowest BCUT2D eigenvalue weighted by Crippen LogP contribution is -2.59. The molecule has 0 radical (unpaired) electrons. The second kappa shape index (κ2) is 4.51. The average molecular weight is 310 g/mol. The third-order valence-corrected chi connectivity index (χ3v) is 5.77. The van der Waals surface area contributed by atoms with Crippen molar-refractivity contribution in [2.24, 2.45) is 0 Å². The van der Waals surface area contributed by atoms with Crippen LogP contribution in [0, 0.1) is 0 Å². The molecule has 22 heavy (non-hydrogen) atoms. The Balaban J connectivity index is 1.39. The lowest BCUT2D eigenvalue weighted by atomic mass is 9.99. The zero-order valence-electron chi connectivity index (χ0n) is 12.7. The highest BCUT2D eigenvalue weighted by molar-refractivity contribution is 5.92. The van der Waals surface area contributed by atoms with E-state index in [0.29, 0.717) is 6.61 Å². The number of fused-ring (bicyclic) bond motifs is 1. The lowest BCUT2D eigenvalue weighted by molar-refractivity contribution is -0.270. The van der Waals surface area contributed by atoms with Crippen LogP contribution in [0.2, 0.25) is 0 Å². The Morgan fingerprint density at radius 3 is 2.27 bits per heavy atom. The van der Waals surface area contributed by atoms with Crippen LogP contribution in [0.1, 0.15) is 51.4 Å². The molecule has 3 heterocycles. The molecule has 0 aromatic carbocycles. The van der Waals surface area contributed by atoms with Gasteiger partial charge in [0.05, 0.1) is 6.61 Å². The average Bonchev–Trinajstić information content (AvgIpc) is 3.28. The standard InChI is InChI=1S/C16H22O6/c17-13-12-11(20-15(21-12)7-3-4-8-15)9-18-16(13)10-19-14(22-16)5-1-2-6-14/h11-12H,1-10H2/t11-,12-,16+/m1/s1. The molecule has 0 N–H and O–H groups in total. The van der Waals surface area contributed by atoms with E-state index >= 15 is 0 Å². The molecule has 0 bridgehead atoms. The van der Waals surface area contributed by atoms with Crippen LogP contribution in [-0.2, 0) is 28.5 Å². The molecule has 3 atom stereocenters. The van der Waals surface area contributed by atoms with Crippen LogP contribution >= 0.6 is 0 Å². The number of carbonyl (C=O) groups is 1. The van der Waals surface area contributed by atoms with Crippen molar-refractivity contribution in [2.45, 2.75) is 80.9 Å². The molecular weight excluding hydrogens is 288 g/mol. The summed E-state index contributed by atoms with van der Waals surface area (Å²) in [6.07, 6.45) is 6.82. The third kappa shape index (κ3) is 1.82. The maximum atomic E-state index is 13.0. The van der Waals surface area contributed by atoms with Gasteiger partial charge < -0.3 is 23.7 Å². The molecule has 122 valence electrons. The van der Waals surface area contributed by atoms with Gasteiger partial charge in [-0.05, 0) is 25.7 Å². The van der Waals surface area contributed by atoms with Crippen molar-refractivity contribution < 1.29 is 28.5 Å². The normalized spacial score (nSPS) is 45.4. The monoisotopic (exact) mass is 310 g/mol. The van der Waals surface area contributed by atoms with Gasteiger partial charge in [-0.15, -0.1) is 0 Å². The van der Waals surface area contributed by atoms with Crippen LogP contribution < -0.4 is 0 Å². The molecule has 5 rings (SSSR count). The summed E-state index contributed by atoms with van der Waals surface area (Å²) in [7, 11) is 0. The minimum atomic E-state index is -1.28. The van der Waals surface area contributed by atoms with Gasteiger partial charge in [0.25, 0.3) is 5.79 Å². The predicted octanol–water partition coefficient (Wildman–Crippen LogP) is 1.65. The highest BCUT2D eigenvalue weighted by atomic mass is 16.8. The molecule has 2 saturated carbocycles. The second-order valence-corrected chi connectivity index (χ2v) is 7.25. The minimum Gasteiger partial charge on any atom is -0.344 e. The second-order valence-electron chi connectivity index (χ2n) is 7.25. The molecule has 2 aliphatic carbocycles. The maximum Gasteiger partial charge on any atom is 0.258 e. The van der Waals surface area contributed by atoms with Crippen LogP contribution in [-0.4, -0.2) is 48.6 Å². The summed E-state index contributed by atoms with van der Waals surface area (Å²) >= 11 is 0. The van der Waals surface area contributed by atoms with Gasteiger partial charge in [0.15, 0.2) is 17.7 Å². The first-order valence-corrected chi connectivity index (χ1v) is 8.53. The fourth-order valence-corrected chi connectivity index (χ4v) is 4.61. The fourth-order valence-electron chi connectivity index (χ4n) is 4.61. The Morgan fingerprint density at radius 1 is 0.864 bits per heavy atom. The fraction of sp³-hybridized carbons (Fsp3) is 0.938. The van der Waals surface area contributed by atoms with E-state index in [1.807, 2.05) is 0 Å². The Hall–Kier alpha value is -0.530. The zero-order valence-corrected chi connectivity index (χ0v) is 12.7. The summed E-state index contributed by atoms with van der Waals surface area (Å²) < 4.78 is 29.9. The molecule has 6 nitrogen and oxygen atoms in total. The van der Waals surface area contributed by atoms with E-state index < -0.39 is 23.5 Å². The van der Waals surface area contributed by atoms with Gasteiger partial charge in [0.2, 0.25) is 5.78 Å². The van der Waals surface area contributed by atoms with E-state index in [0.717, 1.165) is 51.4 Å². The number of rotatable bonds is 0. The van der Waals surface area contributed by atoms with Crippen LogP contribution in [0.15, 0.2) is 0 Å². The highest BCUT2D eigenvalue weighted by Crippen LogP contribution is 2.49. The molecule has 0 unspecified atom stereocenters. The Bertz CT molecular complexity index is 483. The van der Waals surface area contributed by atoms with Gasteiger partial charge in [-0.1, -0.05) is 0 Å². The van der Waals surface area contributed by atoms with Crippen molar-refractivity contribution in [1.29, 1.82) is 0 Å². The van der Waals surface area contributed by atoms with Gasteiger partial charge in [0.1, 0.15) is 12.7 Å². The molecule has 0 aromatic heterocycles. The molecular formula is C16H22O6. The van der Waals surface area contributed by atoms with Gasteiger partial charge in [-0.2, -0.15) is 0 Å². The summed E-state index contributed by atoms with van der Waals surface area (Å²) in [5, 5.41) is 0. The van der Waals surface area contributed by atoms with Gasteiger partial charge in [-0.3, -0.25) is 4.79 Å².